The molecule has 0 spiro atoms. The molecule has 0 fully saturated rings. The number of hydrogen-bond acceptors (Lipinski definition) is 2. The van der Waals surface area contributed by atoms with E-state index in [1.165, 1.54) is 60.1 Å². The summed E-state index contributed by atoms with van der Waals surface area (Å²) in [5.74, 6) is 0. The minimum Gasteiger partial charge on any atom is -0.310 e. The molecule has 7 aromatic carbocycles. The molecule has 2 nitrogen and oxygen atoms in total. The molecule has 0 radical (unpaired) electrons. The molecular formula is C43H32N2. The summed E-state index contributed by atoms with van der Waals surface area (Å²) in [7, 11) is 0. The summed E-state index contributed by atoms with van der Waals surface area (Å²) in [5.41, 5.74) is 10.6. The first-order valence-electron chi connectivity index (χ1n) is 15.5. The van der Waals surface area contributed by atoms with Gasteiger partial charge in [0, 0.05) is 35.0 Å². The second-order valence-electron chi connectivity index (χ2n) is 11.8. The van der Waals surface area contributed by atoms with Gasteiger partial charge in [0.05, 0.1) is 0 Å². The number of rotatable bonds is 5. The summed E-state index contributed by atoms with van der Waals surface area (Å²) < 4.78 is 0. The molecule has 0 bridgehead atoms. The molecule has 0 N–H and O–H groups in total. The lowest BCUT2D eigenvalue weighted by Crippen LogP contribution is -2.10. The number of pyridine rings is 1. The lowest BCUT2D eigenvalue weighted by molar-refractivity contribution is 1.26. The highest BCUT2D eigenvalue weighted by Gasteiger charge is 2.16. The zero-order chi connectivity index (χ0) is 30.3. The number of anilines is 3. The number of fused-ring (bicyclic) bond motifs is 5. The molecule has 0 amide bonds. The molecule has 0 aliphatic rings. The third-order valence-corrected chi connectivity index (χ3v) is 9.02. The van der Waals surface area contributed by atoms with Crippen molar-refractivity contribution in [3.63, 3.8) is 0 Å². The standard InChI is InChI=1S/C43H32N2/c1-29-12-18-37(27-42(29)43-28-44-25-24-30(43)2)45(35-9-4-3-5-10-35)36-19-13-31(14-20-36)33-16-21-39-34(26-33)17-23-40-38-11-7-6-8-32(38)15-22-41(39)40/h3-28H,1-2H3. The Morgan fingerprint density at radius 3 is 1.84 bits per heavy atom. The number of hydrogen-bond donors (Lipinski definition) is 0. The fourth-order valence-corrected chi connectivity index (χ4v) is 6.62. The van der Waals surface area contributed by atoms with Crippen LogP contribution in [0.1, 0.15) is 11.1 Å². The van der Waals surface area contributed by atoms with E-state index in [9.17, 15) is 0 Å². The van der Waals surface area contributed by atoms with Crippen molar-refractivity contribution in [2.45, 2.75) is 13.8 Å². The maximum Gasteiger partial charge on any atom is 0.0467 e. The highest BCUT2D eigenvalue weighted by Crippen LogP contribution is 2.39. The molecular weight excluding hydrogens is 544 g/mol. The van der Waals surface area contributed by atoms with Crippen LogP contribution in [-0.4, -0.2) is 4.98 Å². The molecule has 0 aliphatic heterocycles. The summed E-state index contributed by atoms with van der Waals surface area (Å²) in [6.45, 7) is 4.32. The van der Waals surface area contributed by atoms with Crippen molar-refractivity contribution in [3.05, 3.63) is 169 Å². The van der Waals surface area contributed by atoms with Crippen LogP contribution in [0.5, 0.6) is 0 Å². The average molecular weight is 577 g/mol. The van der Waals surface area contributed by atoms with Crippen LogP contribution < -0.4 is 4.90 Å². The Balaban J connectivity index is 1.19. The number of para-hydroxylation sites is 1. The van der Waals surface area contributed by atoms with Crippen LogP contribution in [0.3, 0.4) is 0 Å². The third kappa shape index (κ3) is 4.81. The van der Waals surface area contributed by atoms with Gasteiger partial charge in [-0.15, -0.1) is 0 Å². The predicted octanol–water partition coefficient (Wildman–Crippen LogP) is 12.0. The van der Waals surface area contributed by atoms with Gasteiger partial charge in [0.2, 0.25) is 0 Å². The van der Waals surface area contributed by atoms with Gasteiger partial charge in [0.25, 0.3) is 0 Å². The van der Waals surface area contributed by atoms with Crippen LogP contribution in [0.2, 0.25) is 0 Å². The van der Waals surface area contributed by atoms with Gasteiger partial charge in [-0.05, 0) is 123 Å². The van der Waals surface area contributed by atoms with Gasteiger partial charge in [-0.3, -0.25) is 4.98 Å². The Kier molecular flexibility index (Phi) is 6.61. The Morgan fingerprint density at radius 1 is 0.422 bits per heavy atom. The fourth-order valence-electron chi connectivity index (χ4n) is 6.62. The maximum absolute atomic E-state index is 4.42. The monoisotopic (exact) mass is 576 g/mol. The highest BCUT2D eigenvalue weighted by atomic mass is 15.1. The molecule has 0 aliphatic carbocycles. The number of nitrogens with zero attached hydrogens (tertiary/aromatic N) is 2. The minimum absolute atomic E-state index is 1.11. The zero-order valence-corrected chi connectivity index (χ0v) is 25.4. The van der Waals surface area contributed by atoms with Gasteiger partial charge in [-0.2, -0.15) is 0 Å². The molecule has 214 valence electrons. The topological polar surface area (TPSA) is 16.1 Å². The summed E-state index contributed by atoms with van der Waals surface area (Å²) in [4.78, 5) is 6.75. The van der Waals surface area contributed by atoms with E-state index in [-0.39, 0.29) is 0 Å². The Morgan fingerprint density at radius 2 is 1.04 bits per heavy atom. The lowest BCUT2D eigenvalue weighted by Gasteiger charge is -2.27. The molecule has 0 saturated heterocycles. The first kappa shape index (κ1) is 26.9. The quantitative estimate of drug-likeness (QED) is 0.189. The summed E-state index contributed by atoms with van der Waals surface area (Å²) in [6, 6.07) is 52.8. The van der Waals surface area contributed by atoms with E-state index in [0.717, 1.165) is 22.6 Å². The summed E-state index contributed by atoms with van der Waals surface area (Å²) in [5, 5.41) is 7.72. The maximum atomic E-state index is 4.42. The first-order chi connectivity index (χ1) is 22.1. The van der Waals surface area contributed by atoms with Gasteiger partial charge in [-0.25, -0.2) is 0 Å². The largest absolute Gasteiger partial charge is 0.310 e. The number of aryl methyl sites for hydroxylation is 2. The average Bonchev–Trinajstić information content (AvgIpc) is 3.09. The van der Waals surface area contributed by atoms with Crippen LogP contribution in [-0.2, 0) is 0 Å². The molecule has 45 heavy (non-hydrogen) atoms. The van der Waals surface area contributed by atoms with Crippen LogP contribution in [0.15, 0.2) is 158 Å². The second-order valence-corrected chi connectivity index (χ2v) is 11.8. The normalized spacial score (nSPS) is 11.3. The smallest absolute Gasteiger partial charge is 0.0467 e. The van der Waals surface area contributed by atoms with E-state index in [2.05, 4.69) is 169 Å². The lowest BCUT2D eigenvalue weighted by atomic mass is 9.94. The van der Waals surface area contributed by atoms with Crippen molar-refractivity contribution < 1.29 is 0 Å². The summed E-state index contributed by atoms with van der Waals surface area (Å²) >= 11 is 0. The van der Waals surface area contributed by atoms with E-state index in [4.69, 9.17) is 0 Å². The molecule has 0 unspecified atom stereocenters. The molecule has 1 heterocycles. The molecule has 0 saturated carbocycles. The third-order valence-electron chi connectivity index (χ3n) is 9.02. The summed E-state index contributed by atoms with van der Waals surface area (Å²) in [6.07, 6.45) is 3.83. The van der Waals surface area contributed by atoms with Crippen LogP contribution in [0, 0.1) is 13.8 Å². The SMILES string of the molecule is Cc1ccncc1-c1cc(N(c2ccccc2)c2ccc(-c3ccc4c(ccc5c6ccccc6ccc45)c3)cc2)ccc1C. The second kappa shape index (κ2) is 11.1. The Hall–Kier alpha value is -5.73. The van der Waals surface area contributed by atoms with Crippen LogP contribution >= 0.6 is 0 Å². The van der Waals surface area contributed by atoms with Crippen molar-refractivity contribution >= 4 is 49.4 Å². The molecule has 2 heteroatoms. The molecule has 8 aromatic rings. The number of benzene rings is 7. The van der Waals surface area contributed by atoms with Crippen molar-refractivity contribution in [2.75, 3.05) is 4.90 Å². The van der Waals surface area contributed by atoms with Gasteiger partial charge in [-0.1, -0.05) is 97.1 Å². The van der Waals surface area contributed by atoms with Gasteiger partial charge < -0.3 is 4.90 Å². The van der Waals surface area contributed by atoms with Crippen molar-refractivity contribution in [3.8, 4) is 22.3 Å². The molecule has 0 atom stereocenters. The van der Waals surface area contributed by atoms with Crippen LogP contribution in [0.4, 0.5) is 17.1 Å². The number of aromatic nitrogens is 1. The van der Waals surface area contributed by atoms with E-state index >= 15 is 0 Å². The van der Waals surface area contributed by atoms with Gasteiger partial charge in [0.1, 0.15) is 0 Å². The van der Waals surface area contributed by atoms with E-state index in [0.29, 0.717) is 0 Å². The first-order valence-corrected chi connectivity index (χ1v) is 15.5. The Bertz CT molecular complexity index is 2340. The van der Waals surface area contributed by atoms with Crippen molar-refractivity contribution in [1.82, 2.24) is 4.98 Å². The fraction of sp³-hybridized carbons (Fsp3) is 0.0465. The van der Waals surface area contributed by atoms with Crippen LogP contribution in [0.25, 0.3) is 54.6 Å². The van der Waals surface area contributed by atoms with E-state index < -0.39 is 0 Å². The van der Waals surface area contributed by atoms with E-state index in [1.807, 2.05) is 12.4 Å². The van der Waals surface area contributed by atoms with E-state index in [1.54, 1.807) is 0 Å². The van der Waals surface area contributed by atoms with Crippen molar-refractivity contribution in [2.24, 2.45) is 0 Å². The Labute approximate surface area is 263 Å². The van der Waals surface area contributed by atoms with Gasteiger partial charge in [0.15, 0.2) is 0 Å². The van der Waals surface area contributed by atoms with Crippen molar-refractivity contribution in [1.29, 1.82) is 0 Å². The minimum atomic E-state index is 1.11. The highest BCUT2D eigenvalue weighted by molar-refractivity contribution is 6.17. The predicted molar refractivity (Wildman–Crippen MR) is 192 cm³/mol. The zero-order valence-electron chi connectivity index (χ0n) is 25.4. The van der Waals surface area contributed by atoms with Gasteiger partial charge >= 0.3 is 0 Å². The molecule has 8 rings (SSSR count). The molecule has 1 aromatic heterocycles.